The number of amides is 1. The monoisotopic (exact) mass is 593 g/mol. The van der Waals surface area contributed by atoms with Gasteiger partial charge in [0.2, 0.25) is 0 Å². The molecular weight excluding hydrogens is 558 g/mol. The van der Waals surface area contributed by atoms with E-state index in [1.54, 1.807) is 30.5 Å². The number of morpholine rings is 1. The molecule has 0 saturated carbocycles. The van der Waals surface area contributed by atoms with Crippen LogP contribution in [0.15, 0.2) is 48.9 Å². The first-order valence-electron chi connectivity index (χ1n) is 13.7. The molecule has 0 spiro atoms. The van der Waals surface area contributed by atoms with E-state index in [4.69, 9.17) is 36.5 Å². The molecule has 1 aliphatic rings. The second-order valence-corrected chi connectivity index (χ2v) is 17.3. The molecule has 0 aliphatic carbocycles. The summed E-state index contributed by atoms with van der Waals surface area (Å²) in [5.74, 6) is 0.716. The van der Waals surface area contributed by atoms with Crippen molar-refractivity contribution in [1.82, 2.24) is 19.4 Å². The maximum atomic E-state index is 13.3. The van der Waals surface area contributed by atoms with Gasteiger partial charge < -0.3 is 29.4 Å². The van der Waals surface area contributed by atoms with Gasteiger partial charge in [-0.2, -0.15) is 0 Å². The fourth-order valence-electron chi connectivity index (χ4n) is 4.86. The van der Waals surface area contributed by atoms with Crippen molar-refractivity contribution in [2.75, 3.05) is 45.8 Å². The highest BCUT2D eigenvalue weighted by Gasteiger charge is 2.24. The van der Waals surface area contributed by atoms with E-state index in [0.29, 0.717) is 67.0 Å². The zero-order chi connectivity index (χ0) is 29.1. The molecule has 2 N–H and O–H groups in total. The number of hydrogen-bond acceptors (Lipinski definition) is 7. The summed E-state index contributed by atoms with van der Waals surface area (Å²) >= 11 is 7.18. The van der Waals surface area contributed by atoms with Crippen molar-refractivity contribution in [2.24, 2.45) is 0 Å². The number of nitrogen functional groups attached to an aromatic ring is 1. The highest BCUT2D eigenvalue weighted by atomic mass is 35.5. The molecule has 0 bridgehead atoms. The molecule has 216 valence electrons. The largest absolute Gasteiger partial charge is 0.496 e. The van der Waals surface area contributed by atoms with Crippen molar-refractivity contribution >= 4 is 42.4 Å². The number of pyridine rings is 2. The molecule has 1 fully saturated rings. The van der Waals surface area contributed by atoms with Crippen LogP contribution in [0.4, 0.5) is 5.82 Å². The van der Waals surface area contributed by atoms with E-state index in [2.05, 4.69) is 24.6 Å². The number of carbonyl (C=O) groups excluding carboxylic acids is 1. The van der Waals surface area contributed by atoms with Gasteiger partial charge in [0.25, 0.3) is 5.91 Å². The first-order valence-corrected chi connectivity index (χ1v) is 17.8. The number of carbonyl (C=O) groups is 1. The summed E-state index contributed by atoms with van der Waals surface area (Å²) in [5.41, 5.74) is 10.2. The average molecular weight is 594 g/mol. The number of aromatic nitrogens is 3. The Labute approximate surface area is 246 Å². The van der Waals surface area contributed by atoms with Gasteiger partial charge in [-0.05, 0) is 18.2 Å². The Morgan fingerprint density at radius 2 is 1.85 bits per heavy atom. The van der Waals surface area contributed by atoms with E-state index < -0.39 is 8.07 Å². The first kappa shape index (κ1) is 29.1. The molecule has 5 rings (SSSR count). The maximum absolute atomic E-state index is 13.3. The van der Waals surface area contributed by atoms with Crippen LogP contribution in [-0.4, -0.2) is 73.4 Å². The third kappa shape index (κ3) is 6.25. The van der Waals surface area contributed by atoms with Crippen LogP contribution < -0.4 is 10.5 Å². The molecule has 4 aromatic rings. The molecule has 0 radical (unpaired) electrons. The lowest BCUT2D eigenvalue weighted by atomic mass is 10.0. The normalized spacial score (nSPS) is 14.0. The molecular formula is C30H36ClN5O4Si. The van der Waals surface area contributed by atoms with Crippen LogP contribution in [0.25, 0.3) is 33.3 Å². The fourth-order valence-corrected chi connectivity index (χ4v) is 5.96. The topological polar surface area (TPSA) is 105 Å². The highest BCUT2D eigenvalue weighted by Crippen LogP contribution is 2.42. The SMILES string of the molecule is COc1ccccc1-c1cn(COCC[Si](C)(C)C)c2ncc(-c3cnc(N)c(C(=O)N4CCOCC4)c3)c(Cl)c12. The summed E-state index contributed by atoms with van der Waals surface area (Å²) in [6.07, 6.45) is 5.35. The Bertz CT molecular complexity index is 1560. The Hall–Kier alpha value is -3.44. The molecule has 4 heterocycles. The predicted octanol–water partition coefficient (Wildman–Crippen LogP) is 5.79. The van der Waals surface area contributed by atoms with Gasteiger partial charge in [0, 0.05) is 74.0 Å². The number of nitrogens with two attached hydrogens (primary N) is 1. The standard InChI is InChI=1S/C30H36ClN5O4Si/c1-38-25-8-6-5-7-21(25)24-18-36(19-40-13-14-41(2,3)4)29-26(24)27(31)23(17-34-29)20-15-22(28(32)33-16-20)30(37)35-9-11-39-12-10-35/h5-8,15-18H,9-14,19H2,1-4H3,(H2,32,33). The number of ether oxygens (including phenoxy) is 3. The van der Waals surface area contributed by atoms with Crippen molar-refractivity contribution in [3.05, 3.63) is 59.5 Å². The second-order valence-electron chi connectivity index (χ2n) is 11.3. The van der Waals surface area contributed by atoms with Gasteiger partial charge in [0.1, 0.15) is 23.9 Å². The Morgan fingerprint density at radius 3 is 2.59 bits per heavy atom. The summed E-state index contributed by atoms with van der Waals surface area (Å²) in [7, 11) is 0.422. The zero-order valence-electron chi connectivity index (χ0n) is 23.9. The van der Waals surface area contributed by atoms with Gasteiger partial charge >= 0.3 is 0 Å². The molecule has 1 aliphatic heterocycles. The molecule has 1 saturated heterocycles. The number of para-hydroxylation sites is 1. The van der Waals surface area contributed by atoms with Crippen molar-refractivity contribution in [2.45, 2.75) is 32.4 Å². The van der Waals surface area contributed by atoms with Crippen molar-refractivity contribution in [3.63, 3.8) is 0 Å². The van der Waals surface area contributed by atoms with E-state index in [0.717, 1.165) is 28.3 Å². The first-order chi connectivity index (χ1) is 19.7. The Morgan fingerprint density at radius 1 is 1.10 bits per heavy atom. The molecule has 11 heteroatoms. The molecule has 41 heavy (non-hydrogen) atoms. The highest BCUT2D eigenvalue weighted by molar-refractivity contribution is 6.76. The smallest absolute Gasteiger partial charge is 0.257 e. The van der Waals surface area contributed by atoms with Crippen LogP contribution in [-0.2, 0) is 16.2 Å². The predicted molar refractivity (Wildman–Crippen MR) is 165 cm³/mol. The van der Waals surface area contributed by atoms with Gasteiger partial charge in [0.05, 0.1) is 30.9 Å². The zero-order valence-corrected chi connectivity index (χ0v) is 25.7. The van der Waals surface area contributed by atoms with E-state index in [1.807, 2.05) is 35.0 Å². The van der Waals surface area contributed by atoms with Gasteiger partial charge in [0.15, 0.2) is 0 Å². The molecule has 0 unspecified atom stereocenters. The van der Waals surface area contributed by atoms with E-state index in [1.165, 1.54) is 0 Å². The lowest BCUT2D eigenvalue weighted by Gasteiger charge is -2.27. The number of methoxy groups -OCH3 is 1. The van der Waals surface area contributed by atoms with E-state index in [-0.39, 0.29) is 11.7 Å². The summed E-state index contributed by atoms with van der Waals surface area (Å²) in [6.45, 7) is 10.0. The maximum Gasteiger partial charge on any atom is 0.257 e. The third-order valence-corrected chi connectivity index (χ3v) is 9.30. The van der Waals surface area contributed by atoms with Crippen LogP contribution in [0, 0.1) is 0 Å². The summed E-state index contributed by atoms with van der Waals surface area (Å²) in [5, 5.41) is 1.26. The lowest BCUT2D eigenvalue weighted by molar-refractivity contribution is 0.0303. The Kier molecular flexibility index (Phi) is 8.65. The number of rotatable bonds is 9. The minimum absolute atomic E-state index is 0.173. The number of halogens is 1. The van der Waals surface area contributed by atoms with Gasteiger partial charge in [-0.25, -0.2) is 9.97 Å². The second kappa shape index (κ2) is 12.2. The van der Waals surface area contributed by atoms with Gasteiger partial charge in [-0.15, -0.1) is 0 Å². The number of fused-ring (bicyclic) bond motifs is 1. The number of anilines is 1. The molecule has 9 nitrogen and oxygen atoms in total. The Balaban J connectivity index is 1.59. The van der Waals surface area contributed by atoms with Crippen LogP contribution in [0.1, 0.15) is 10.4 Å². The lowest BCUT2D eigenvalue weighted by Crippen LogP contribution is -2.41. The van der Waals surface area contributed by atoms with Crippen LogP contribution >= 0.6 is 11.6 Å². The van der Waals surface area contributed by atoms with Crippen LogP contribution in [0.3, 0.4) is 0 Å². The molecule has 1 amide bonds. The quantitative estimate of drug-likeness (QED) is 0.193. The fraction of sp³-hybridized carbons (Fsp3) is 0.367. The average Bonchev–Trinajstić information content (AvgIpc) is 3.34. The van der Waals surface area contributed by atoms with Crippen molar-refractivity contribution in [1.29, 1.82) is 0 Å². The molecule has 0 atom stereocenters. The van der Waals surface area contributed by atoms with Crippen molar-refractivity contribution < 1.29 is 19.0 Å². The van der Waals surface area contributed by atoms with Crippen molar-refractivity contribution in [3.8, 4) is 28.0 Å². The van der Waals surface area contributed by atoms with Crippen LogP contribution in [0.2, 0.25) is 30.7 Å². The number of benzene rings is 1. The van der Waals surface area contributed by atoms with Gasteiger partial charge in [-0.1, -0.05) is 49.4 Å². The van der Waals surface area contributed by atoms with E-state index >= 15 is 0 Å². The molecule has 1 aromatic carbocycles. The van der Waals surface area contributed by atoms with E-state index in [9.17, 15) is 4.79 Å². The summed E-state index contributed by atoms with van der Waals surface area (Å²) in [4.78, 5) is 24.2. The third-order valence-electron chi connectivity index (χ3n) is 7.20. The molecule has 3 aromatic heterocycles. The minimum Gasteiger partial charge on any atom is -0.496 e. The minimum atomic E-state index is -1.23. The number of hydrogen-bond donors (Lipinski definition) is 1. The summed E-state index contributed by atoms with van der Waals surface area (Å²) < 4.78 is 19.1. The number of nitrogens with zero attached hydrogens (tertiary/aromatic N) is 4. The summed E-state index contributed by atoms with van der Waals surface area (Å²) in [6, 6.07) is 10.6. The van der Waals surface area contributed by atoms with Gasteiger partial charge in [-0.3, -0.25) is 4.79 Å². The van der Waals surface area contributed by atoms with Crippen LogP contribution in [0.5, 0.6) is 5.75 Å².